The minimum Gasteiger partial charge on any atom is -0.466 e. The van der Waals surface area contributed by atoms with Gasteiger partial charge in [-0.05, 0) is 45.4 Å². The summed E-state index contributed by atoms with van der Waals surface area (Å²) in [6, 6.07) is 0. The number of unbranched alkanes of at least 4 members (excludes halogenated alkanes) is 1. The van der Waals surface area contributed by atoms with Gasteiger partial charge in [0.15, 0.2) is 0 Å². The Morgan fingerprint density at radius 1 is 0.654 bits per heavy atom. The van der Waals surface area contributed by atoms with Crippen LogP contribution in [-0.2, 0) is 9.53 Å². The molecule has 0 radical (unpaired) electrons. The maximum absolute atomic E-state index is 11.1. The fourth-order valence-electron chi connectivity index (χ4n) is 2.04. The lowest BCUT2D eigenvalue weighted by Gasteiger charge is -1.97. The summed E-state index contributed by atoms with van der Waals surface area (Å²) in [6.07, 6.45) is 33.3. The van der Waals surface area contributed by atoms with E-state index in [1.165, 1.54) is 6.42 Å². The van der Waals surface area contributed by atoms with Crippen LogP contribution in [0.1, 0.15) is 65.2 Å². The SMILES string of the molecule is CCC/C=C/C=C/C/C=C/C/C=C/C/C=C/C/C=C\CCC(=O)OCC. The van der Waals surface area contributed by atoms with Crippen molar-refractivity contribution in [1.29, 1.82) is 0 Å². The lowest BCUT2D eigenvalue weighted by molar-refractivity contribution is -0.142. The summed E-state index contributed by atoms with van der Waals surface area (Å²) in [5.41, 5.74) is 0. The second kappa shape index (κ2) is 21.0. The highest BCUT2D eigenvalue weighted by Gasteiger charge is 1.97. The van der Waals surface area contributed by atoms with Gasteiger partial charge in [0.2, 0.25) is 0 Å². The molecule has 0 fully saturated rings. The van der Waals surface area contributed by atoms with Crippen molar-refractivity contribution in [2.45, 2.75) is 65.2 Å². The molecule has 0 aromatic heterocycles. The third-order valence-electron chi connectivity index (χ3n) is 3.41. The van der Waals surface area contributed by atoms with Crippen molar-refractivity contribution in [1.82, 2.24) is 0 Å². The number of carbonyl (C=O) groups is 1. The van der Waals surface area contributed by atoms with E-state index in [9.17, 15) is 4.79 Å². The van der Waals surface area contributed by atoms with Crippen molar-refractivity contribution in [3.8, 4) is 0 Å². The van der Waals surface area contributed by atoms with Gasteiger partial charge in [0.05, 0.1) is 6.61 Å². The molecule has 0 atom stereocenters. The molecule has 0 saturated carbocycles. The number of esters is 1. The van der Waals surface area contributed by atoms with Crippen LogP contribution < -0.4 is 0 Å². The van der Waals surface area contributed by atoms with E-state index in [1.807, 2.05) is 13.0 Å². The summed E-state index contributed by atoms with van der Waals surface area (Å²) in [6.45, 7) is 4.48. The highest BCUT2D eigenvalue weighted by Crippen LogP contribution is 1.98. The van der Waals surface area contributed by atoms with Crippen molar-refractivity contribution in [2.24, 2.45) is 0 Å². The van der Waals surface area contributed by atoms with Crippen LogP contribution in [0.3, 0.4) is 0 Å². The minimum absolute atomic E-state index is 0.119. The number of allylic oxidation sites excluding steroid dienone is 12. The van der Waals surface area contributed by atoms with Crippen LogP contribution in [0.25, 0.3) is 0 Å². The zero-order valence-electron chi connectivity index (χ0n) is 16.6. The zero-order chi connectivity index (χ0) is 19.1. The lowest BCUT2D eigenvalue weighted by atomic mass is 10.2. The summed E-state index contributed by atoms with van der Waals surface area (Å²) >= 11 is 0. The molecule has 0 aromatic carbocycles. The predicted molar refractivity (Wildman–Crippen MR) is 114 cm³/mol. The molecule has 0 N–H and O–H groups in total. The molecular weight excluding hydrogens is 320 g/mol. The largest absolute Gasteiger partial charge is 0.466 e. The molecule has 0 aliphatic carbocycles. The maximum Gasteiger partial charge on any atom is 0.306 e. The summed E-state index contributed by atoms with van der Waals surface area (Å²) in [7, 11) is 0. The number of carbonyl (C=O) groups excluding carboxylic acids is 1. The van der Waals surface area contributed by atoms with Crippen LogP contribution in [-0.4, -0.2) is 12.6 Å². The van der Waals surface area contributed by atoms with E-state index in [2.05, 4.69) is 73.8 Å². The second-order valence-electron chi connectivity index (χ2n) is 5.82. The van der Waals surface area contributed by atoms with Crippen LogP contribution in [0.4, 0.5) is 0 Å². The van der Waals surface area contributed by atoms with Gasteiger partial charge in [-0.3, -0.25) is 4.79 Å². The van der Waals surface area contributed by atoms with Gasteiger partial charge < -0.3 is 4.74 Å². The van der Waals surface area contributed by atoms with Gasteiger partial charge in [-0.25, -0.2) is 0 Å². The van der Waals surface area contributed by atoms with Gasteiger partial charge in [-0.15, -0.1) is 0 Å². The average molecular weight is 357 g/mol. The van der Waals surface area contributed by atoms with Gasteiger partial charge in [0.1, 0.15) is 0 Å². The molecule has 2 heteroatoms. The van der Waals surface area contributed by atoms with Crippen molar-refractivity contribution < 1.29 is 9.53 Å². The first-order valence-electron chi connectivity index (χ1n) is 9.88. The van der Waals surface area contributed by atoms with Crippen LogP contribution in [0.15, 0.2) is 72.9 Å². The normalized spacial score (nSPS) is 12.8. The van der Waals surface area contributed by atoms with Gasteiger partial charge in [0, 0.05) is 6.42 Å². The summed E-state index contributed by atoms with van der Waals surface area (Å²) in [4.78, 5) is 11.1. The molecular formula is C24H36O2. The highest BCUT2D eigenvalue weighted by atomic mass is 16.5. The van der Waals surface area contributed by atoms with Gasteiger partial charge in [-0.1, -0.05) is 86.3 Å². The Balaban J connectivity index is 3.55. The molecule has 0 bridgehead atoms. The first kappa shape index (κ1) is 23.9. The molecule has 0 amide bonds. The van der Waals surface area contributed by atoms with Gasteiger partial charge in [0.25, 0.3) is 0 Å². The Kier molecular flexibility index (Phi) is 19.3. The van der Waals surface area contributed by atoms with E-state index < -0.39 is 0 Å². The van der Waals surface area contributed by atoms with Gasteiger partial charge >= 0.3 is 5.97 Å². The molecule has 0 heterocycles. The third-order valence-corrected chi connectivity index (χ3v) is 3.41. The zero-order valence-corrected chi connectivity index (χ0v) is 16.6. The van der Waals surface area contributed by atoms with E-state index in [4.69, 9.17) is 4.74 Å². The molecule has 0 aromatic rings. The molecule has 0 spiro atoms. The Labute approximate surface area is 160 Å². The number of ether oxygens (including phenoxy) is 1. The van der Waals surface area contributed by atoms with E-state index in [0.717, 1.165) is 38.5 Å². The maximum atomic E-state index is 11.1. The van der Waals surface area contributed by atoms with E-state index in [0.29, 0.717) is 13.0 Å². The van der Waals surface area contributed by atoms with Crippen molar-refractivity contribution in [2.75, 3.05) is 6.61 Å². The summed E-state index contributed by atoms with van der Waals surface area (Å²) in [5.74, 6) is -0.119. The van der Waals surface area contributed by atoms with E-state index in [-0.39, 0.29) is 5.97 Å². The Hall–Kier alpha value is -2.09. The van der Waals surface area contributed by atoms with Crippen molar-refractivity contribution >= 4 is 5.97 Å². The first-order valence-corrected chi connectivity index (χ1v) is 9.88. The first-order chi connectivity index (χ1) is 12.8. The Bertz CT molecular complexity index is 490. The molecule has 144 valence electrons. The van der Waals surface area contributed by atoms with Crippen LogP contribution in [0.2, 0.25) is 0 Å². The molecule has 2 nitrogen and oxygen atoms in total. The quantitative estimate of drug-likeness (QED) is 0.179. The molecule has 0 saturated heterocycles. The average Bonchev–Trinajstić information content (AvgIpc) is 2.64. The predicted octanol–water partition coefficient (Wildman–Crippen LogP) is 7.03. The molecule has 0 aliphatic heterocycles. The standard InChI is InChI=1S/C24H36O2/c1-3-5-6-7-8-9-10-11-12-13-14-15-16-17-18-19-20-21-22-23-24(25)26-4-2/h6-9,11-12,14-15,17-18,20-21H,3-5,10,13,16,19,22-23H2,1-2H3/b7-6+,9-8+,12-11+,15-14+,18-17+,21-20-. The summed E-state index contributed by atoms with van der Waals surface area (Å²) < 4.78 is 4.87. The molecule has 0 unspecified atom stereocenters. The number of hydrogen-bond donors (Lipinski definition) is 0. The van der Waals surface area contributed by atoms with Crippen LogP contribution >= 0.6 is 0 Å². The monoisotopic (exact) mass is 356 g/mol. The fraction of sp³-hybridized carbons (Fsp3) is 0.458. The number of hydrogen-bond acceptors (Lipinski definition) is 2. The van der Waals surface area contributed by atoms with Crippen molar-refractivity contribution in [3.05, 3.63) is 72.9 Å². The van der Waals surface area contributed by atoms with Crippen LogP contribution in [0, 0.1) is 0 Å². The molecule has 26 heavy (non-hydrogen) atoms. The minimum atomic E-state index is -0.119. The fourth-order valence-corrected chi connectivity index (χ4v) is 2.04. The Morgan fingerprint density at radius 2 is 1.15 bits per heavy atom. The third kappa shape index (κ3) is 20.0. The van der Waals surface area contributed by atoms with Gasteiger partial charge in [-0.2, -0.15) is 0 Å². The second-order valence-corrected chi connectivity index (χ2v) is 5.82. The molecule has 0 aliphatic rings. The topological polar surface area (TPSA) is 26.3 Å². The van der Waals surface area contributed by atoms with Crippen molar-refractivity contribution in [3.63, 3.8) is 0 Å². The number of rotatable bonds is 15. The smallest absolute Gasteiger partial charge is 0.306 e. The van der Waals surface area contributed by atoms with E-state index >= 15 is 0 Å². The molecule has 0 rings (SSSR count). The Morgan fingerprint density at radius 3 is 1.69 bits per heavy atom. The van der Waals surface area contributed by atoms with E-state index in [1.54, 1.807) is 0 Å². The lowest BCUT2D eigenvalue weighted by Crippen LogP contribution is -2.02. The van der Waals surface area contributed by atoms with Crippen LogP contribution in [0.5, 0.6) is 0 Å². The highest BCUT2D eigenvalue weighted by molar-refractivity contribution is 5.69. The summed E-state index contributed by atoms with van der Waals surface area (Å²) in [5, 5.41) is 0.